The van der Waals surface area contributed by atoms with Crippen molar-refractivity contribution in [3.8, 4) is 5.75 Å². The van der Waals surface area contributed by atoms with Gasteiger partial charge in [0.25, 0.3) is 5.91 Å². The molecule has 2 heterocycles. The number of hydrogen-bond acceptors (Lipinski definition) is 4. The van der Waals surface area contributed by atoms with E-state index < -0.39 is 18.3 Å². The Kier molecular flexibility index (Phi) is 5.01. The van der Waals surface area contributed by atoms with Crippen LogP contribution in [0.4, 0.5) is 8.78 Å². The molecule has 0 bridgehead atoms. The van der Waals surface area contributed by atoms with E-state index in [1.165, 1.54) is 24.3 Å². The van der Waals surface area contributed by atoms with Gasteiger partial charge in [0.2, 0.25) is 0 Å². The van der Waals surface area contributed by atoms with Gasteiger partial charge < -0.3 is 19.5 Å². The Balaban J connectivity index is 1.60. The molecule has 1 spiro atoms. The molecule has 1 atom stereocenters. The normalized spacial score (nSPS) is 23.5. The van der Waals surface area contributed by atoms with Crippen LogP contribution in [0.3, 0.4) is 0 Å². The predicted molar refractivity (Wildman–Crippen MR) is 82.1 cm³/mol. The second-order valence-corrected chi connectivity index (χ2v) is 6.27. The van der Waals surface area contributed by atoms with Crippen molar-refractivity contribution in [2.75, 3.05) is 19.7 Å². The molecule has 0 radical (unpaired) electrons. The number of ether oxygens (including phenoxy) is 2. The molecule has 132 valence electrons. The van der Waals surface area contributed by atoms with Gasteiger partial charge in [-0.2, -0.15) is 8.78 Å². The quantitative estimate of drug-likeness (QED) is 0.917. The van der Waals surface area contributed by atoms with Crippen molar-refractivity contribution >= 4 is 5.91 Å². The van der Waals surface area contributed by atoms with Crippen LogP contribution >= 0.6 is 0 Å². The van der Waals surface area contributed by atoms with Crippen molar-refractivity contribution in [1.29, 1.82) is 0 Å². The second-order valence-electron chi connectivity index (χ2n) is 6.27. The molecule has 1 aromatic carbocycles. The monoisotopic (exact) mass is 341 g/mol. The molecule has 1 unspecified atom stereocenters. The number of hydrogen-bond donors (Lipinski definition) is 1. The Bertz CT molecular complexity index is 570. The fraction of sp³-hybridized carbons (Fsp3) is 0.588. The van der Waals surface area contributed by atoms with Gasteiger partial charge in [0.15, 0.2) is 0 Å². The summed E-state index contributed by atoms with van der Waals surface area (Å²) in [6, 6.07) is 5.68. The molecule has 7 heteroatoms. The van der Waals surface area contributed by atoms with Crippen LogP contribution in [0.5, 0.6) is 5.75 Å². The topological polar surface area (TPSA) is 59.0 Å². The van der Waals surface area contributed by atoms with Crippen LogP contribution < -0.4 is 4.74 Å². The van der Waals surface area contributed by atoms with Gasteiger partial charge in [0.1, 0.15) is 5.75 Å². The van der Waals surface area contributed by atoms with Crippen molar-refractivity contribution < 1.29 is 28.2 Å². The minimum absolute atomic E-state index is 0.0258. The molecule has 3 rings (SSSR count). The van der Waals surface area contributed by atoms with E-state index in [0.717, 1.165) is 12.8 Å². The lowest BCUT2D eigenvalue weighted by Gasteiger charge is -2.46. The summed E-state index contributed by atoms with van der Waals surface area (Å²) in [5.41, 5.74) is -0.0954. The van der Waals surface area contributed by atoms with Crippen LogP contribution in [0.2, 0.25) is 0 Å². The number of likely N-dealkylation sites (tertiary alicyclic amines) is 1. The highest BCUT2D eigenvalue weighted by atomic mass is 19.3. The molecule has 5 nitrogen and oxygen atoms in total. The van der Waals surface area contributed by atoms with Gasteiger partial charge >= 0.3 is 6.61 Å². The lowest BCUT2D eigenvalue weighted by molar-refractivity contribution is -0.174. The molecule has 2 aliphatic rings. The van der Waals surface area contributed by atoms with E-state index in [1.54, 1.807) is 4.90 Å². The summed E-state index contributed by atoms with van der Waals surface area (Å²) in [7, 11) is 0. The smallest absolute Gasteiger partial charge is 0.387 e. The van der Waals surface area contributed by atoms with Gasteiger partial charge in [-0.15, -0.1) is 0 Å². The third-order valence-electron chi connectivity index (χ3n) is 4.84. The van der Waals surface area contributed by atoms with Crippen molar-refractivity contribution in [2.24, 2.45) is 0 Å². The number of nitrogens with zero attached hydrogens (tertiary/aromatic N) is 1. The van der Waals surface area contributed by atoms with Crippen molar-refractivity contribution in [1.82, 2.24) is 4.90 Å². The van der Waals surface area contributed by atoms with E-state index in [1.807, 2.05) is 0 Å². The Morgan fingerprint density at radius 3 is 2.54 bits per heavy atom. The van der Waals surface area contributed by atoms with Crippen LogP contribution in [-0.2, 0) is 4.74 Å². The van der Waals surface area contributed by atoms with Crippen LogP contribution in [0.1, 0.15) is 36.0 Å². The predicted octanol–water partition coefficient (Wildman–Crippen LogP) is 2.43. The summed E-state index contributed by atoms with van der Waals surface area (Å²) >= 11 is 0. The molecule has 0 aliphatic carbocycles. The Morgan fingerprint density at radius 1 is 1.29 bits per heavy atom. The van der Waals surface area contributed by atoms with E-state index >= 15 is 0 Å². The number of carbonyl (C=O) groups is 1. The summed E-state index contributed by atoms with van der Waals surface area (Å²) in [5, 5.41) is 10.2. The lowest BCUT2D eigenvalue weighted by Crippen LogP contribution is -2.56. The van der Waals surface area contributed by atoms with Crippen molar-refractivity contribution in [3.05, 3.63) is 29.8 Å². The molecule has 2 aliphatic heterocycles. The number of aliphatic hydroxyl groups excluding tert-OH is 1. The van der Waals surface area contributed by atoms with Gasteiger partial charge in [-0.1, -0.05) is 0 Å². The lowest BCUT2D eigenvalue weighted by atomic mass is 9.82. The number of rotatable bonds is 3. The number of carbonyl (C=O) groups excluding carboxylic acids is 1. The molecule has 1 aromatic rings. The molecule has 0 saturated carbocycles. The third-order valence-corrected chi connectivity index (χ3v) is 4.84. The first-order valence-electron chi connectivity index (χ1n) is 8.16. The van der Waals surface area contributed by atoms with Gasteiger partial charge in [-0.25, -0.2) is 0 Å². The summed E-state index contributed by atoms with van der Waals surface area (Å²) < 4.78 is 34.4. The average Bonchev–Trinajstić information content (AvgIpc) is 2.58. The molecular formula is C17H21F2NO4. The zero-order chi connectivity index (χ0) is 17.2. The summed E-state index contributed by atoms with van der Waals surface area (Å²) in [6.07, 6.45) is 2.33. The maximum Gasteiger partial charge on any atom is 0.387 e. The van der Waals surface area contributed by atoms with Gasteiger partial charge in [0, 0.05) is 25.3 Å². The highest BCUT2D eigenvalue weighted by Gasteiger charge is 2.44. The van der Waals surface area contributed by atoms with Crippen LogP contribution in [0, 0.1) is 0 Å². The molecule has 1 amide bonds. The fourth-order valence-electron chi connectivity index (χ4n) is 3.44. The first kappa shape index (κ1) is 17.1. The van der Waals surface area contributed by atoms with E-state index in [0.29, 0.717) is 38.1 Å². The number of halogens is 2. The van der Waals surface area contributed by atoms with Crippen molar-refractivity contribution in [3.63, 3.8) is 0 Å². The summed E-state index contributed by atoms with van der Waals surface area (Å²) in [5.74, 6) is -0.128. The maximum absolute atomic E-state index is 12.5. The van der Waals surface area contributed by atoms with Gasteiger partial charge in [-0.05, 0) is 49.9 Å². The SMILES string of the molecule is O=C(c1ccc(OC(F)F)cc1)N1CCC2(CC1)OCCCC2O. The van der Waals surface area contributed by atoms with E-state index in [-0.39, 0.29) is 11.7 Å². The molecule has 24 heavy (non-hydrogen) atoms. The van der Waals surface area contributed by atoms with Gasteiger partial charge in [0.05, 0.1) is 11.7 Å². The molecule has 2 saturated heterocycles. The summed E-state index contributed by atoms with van der Waals surface area (Å²) in [6.45, 7) is -1.22. The molecule has 0 aromatic heterocycles. The number of benzene rings is 1. The fourth-order valence-corrected chi connectivity index (χ4v) is 3.44. The maximum atomic E-state index is 12.5. The number of piperidine rings is 1. The number of aliphatic hydroxyl groups is 1. The minimum Gasteiger partial charge on any atom is -0.435 e. The van der Waals surface area contributed by atoms with Crippen LogP contribution in [0.25, 0.3) is 0 Å². The van der Waals surface area contributed by atoms with Crippen LogP contribution in [-0.4, -0.2) is 53.9 Å². The van der Waals surface area contributed by atoms with Crippen LogP contribution in [0.15, 0.2) is 24.3 Å². The standard InChI is InChI=1S/C17H21F2NO4/c18-16(19)24-13-5-3-12(4-6-13)15(22)20-9-7-17(8-10-20)14(21)2-1-11-23-17/h3-6,14,16,21H,1-2,7-11H2. The highest BCUT2D eigenvalue weighted by molar-refractivity contribution is 5.94. The summed E-state index contributed by atoms with van der Waals surface area (Å²) in [4.78, 5) is 14.2. The highest BCUT2D eigenvalue weighted by Crippen LogP contribution is 2.35. The third kappa shape index (κ3) is 3.52. The number of amides is 1. The molecule has 1 N–H and O–H groups in total. The van der Waals surface area contributed by atoms with Gasteiger partial charge in [-0.3, -0.25) is 4.79 Å². The van der Waals surface area contributed by atoms with E-state index in [4.69, 9.17) is 4.74 Å². The largest absolute Gasteiger partial charge is 0.435 e. The zero-order valence-electron chi connectivity index (χ0n) is 13.3. The average molecular weight is 341 g/mol. The first-order valence-corrected chi connectivity index (χ1v) is 8.16. The van der Waals surface area contributed by atoms with Crippen molar-refractivity contribution in [2.45, 2.75) is 44.0 Å². The number of alkyl halides is 2. The second kappa shape index (κ2) is 7.03. The minimum atomic E-state index is -2.88. The molecular weight excluding hydrogens is 320 g/mol. The zero-order valence-corrected chi connectivity index (χ0v) is 13.3. The van der Waals surface area contributed by atoms with E-state index in [9.17, 15) is 18.7 Å². The van der Waals surface area contributed by atoms with E-state index in [2.05, 4.69) is 4.74 Å². The Morgan fingerprint density at radius 2 is 1.96 bits per heavy atom. The Hall–Kier alpha value is -1.73. The molecule has 2 fully saturated rings. The first-order chi connectivity index (χ1) is 11.5. The Labute approximate surface area is 139 Å².